The normalized spacial score (nSPS) is 16.0. The van der Waals surface area contributed by atoms with Crippen LogP contribution in [0.1, 0.15) is 35.2 Å². The summed E-state index contributed by atoms with van der Waals surface area (Å²) < 4.78 is 68.6. The molecule has 1 saturated carbocycles. The number of benzene rings is 1. The van der Waals surface area contributed by atoms with Crippen molar-refractivity contribution in [2.24, 2.45) is 11.3 Å². The predicted octanol–water partition coefficient (Wildman–Crippen LogP) is 3.28. The Labute approximate surface area is 183 Å². The molecule has 1 fully saturated rings. The molecule has 172 valence electrons. The third-order valence-electron chi connectivity index (χ3n) is 5.12. The molecule has 31 heavy (non-hydrogen) atoms. The minimum absolute atomic E-state index is 0.0644. The maximum atomic E-state index is 13.0. The predicted molar refractivity (Wildman–Crippen MR) is 106 cm³/mol. The van der Waals surface area contributed by atoms with Crippen LogP contribution in [-0.2, 0) is 30.8 Å². The van der Waals surface area contributed by atoms with Crippen LogP contribution in [0, 0.1) is 11.3 Å². The van der Waals surface area contributed by atoms with Gasteiger partial charge in [0.25, 0.3) is 0 Å². The highest BCUT2D eigenvalue weighted by Gasteiger charge is 2.38. The molecule has 6 nitrogen and oxygen atoms in total. The fourth-order valence-corrected chi connectivity index (χ4v) is 4.51. The summed E-state index contributed by atoms with van der Waals surface area (Å²) in [6, 6.07) is 2.19. The maximum Gasteiger partial charge on any atom is 0.182 e. The maximum absolute atomic E-state index is 13.0. The van der Waals surface area contributed by atoms with Gasteiger partial charge in [-0.2, -0.15) is 0 Å². The third kappa shape index (κ3) is 5.53. The minimum Gasteiger partial charge on any atom is -0.376 e. The van der Waals surface area contributed by atoms with Crippen LogP contribution in [0.4, 0.5) is 13.2 Å². The van der Waals surface area contributed by atoms with Gasteiger partial charge in [0.2, 0.25) is 0 Å². The van der Waals surface area contributed by atoms with E-state index in [2.05, 4.69) is 0 Å². The van der Waals surface area contributed by atoms with E-state index in [9.17, 15) is 36.0 Å². The second-order valence-electron chi connectivity index (χ2n) is 7.65. The highest BCUT2D eigenvalue weighted by molar-refractivity contribution is 7.90. The van der Waals surface area contributed by atoms with Crippen LogP contribution >= 0.6 is 11.6 Å². The van der Waals surface area contributed by atoms with Gasteiger partial charge >= 0.3 is 0 Å². The van der Waals surface area contributed by atoms with Gasteiger partial charge in [0, 0.05) is 30.2 Å². The lowest BCUT2D eigenvalue weighted by atomic mass is 9.81. The average Bonchev–Trinajstić information content (AvgIpc) is 2.71. The second-order valence-corrected chi connectivity index (χ2v) is 10.0. The number of Topliss-reactive ketones (excluding diaryl/α,β-unsaturated/α-hetero) is 3. The smallest absolute Gasteiger partial charge is 0.182 e. The van der Waals surface area contributed by atoms with Crippen molar-refractivity contribution >= 4 is 38.8 Å². The van der Waals surface area contributed by atoms with E-state index in [0.29, 0.717) is 6.42 Å². The zero-order chi connectivity index (χ0) is 23.4. The van der Waals surface area contributed by atoms with E-state index in [1.807, 2.05) is 0 Å². The van der Waals surface area contributed by atoms with Crippen molar-refractivity contribution in [2.75, 3.05) is 32.9 Å². The molecule has 0 spiro atoms. The topological polar surface area (TPSA) is 94.6 Å². The zero-order valence-corrected chi connectivity index (χ0v) is 18.3. The Morgan fingerprint density at radius 1 is 1.13 bits per heavy atom. The molecule has 0 unspecified atom stereocenters. The van der Waals surface area contributed by atoms with E-state index < -0.39 is 71.8 Å². The van der Waals surface area contributed by atoms with Gasteiger partial charge < -0.3 is 4.74 Å². The first kappa shape index (κ1) is 25.5. The molecule has 1 aliphatic carbocycles. The first-order valence-corrected chi connectivity index (χ1v) is 11.6. The van der Waals surface area contributed by atoms with Crippen LogP contribution < -0.4 is 0 Å². The van der Waals surface area contributed by atoms with Crippen LogP contribution in [-0.4, -0.2) is 58.7 Å². The number of carbonyl (C=O) groups is 3. The molecule has 0 saturated heterocycles. The van der Waals surface area contributed by atoms with Crippen molar-refractivity contribution < 1.29 is 40.7 Å². The van der Waals surface area contributed by atoms with Gasteiger partial charge in [-0.25, -0.2) is 8.42 Å². The Hall–Kier alpha value is -1.78. The van der Waals surface area contributed by atoms with Crippen molar-refractivity contribution in [3.63, 3.8) is 0 Å². The fraction of sp³-hybridized carbons (Fsp3) is 0.550. The van der Waals surface area contributed by atoms with E-state index in [-0.39, 0.29) is 33.9 Å². The van der Waals surface area contributed by atoms with E-state index in [1.165, 1.54) is 0 Å². The lowest BCUT2D eigenvalue weighted by Gasteiger charge is -2.24. The number of hydrogen-bond donors (Lipinski definition) is 0. The first-order valence-electron chi connectivity index (χ1n) is 9.38. The largest absolute Gasteiger partial charge is 0.376 e. The molecule has 0 radical (unpaired) electrons. The quantitative estimate of drug-likeness (QED) is 0.375. The Balaban J connectivity index is 2.43. The minimum atomic E-state index is -3.86. The Bertz CT molecular complexity index is 951. The van der Waals surface area contributed by atoms with E-state index in [0.717, 1.165) is 18.4 Å². The van der Waals surface area contributed by atoms with Gasteiger partial charge in [-0.05, 0) is 18.6 Å². The lowest BCUT2D eigenvalue weighted by molar-refractivity contribution is -0.133. The molecule has 1 aromatic rings. The molecule has 1 aliphatic rings. The summed E-state index contributed by atoms with van der Waals surface area (Å²) in [5, 5.41) is -0.356. The molecular weight excluding hydrogens is 461 g/mol. The zero-order valence-electron chi connectivity index (χ0n) is 16.8. The first-order chi connectivity index (χ1) is 14.5. The molecule has 0 bridgehead atoms. The fourth-order valence-electron chi connectivity index (χ4n) is 3.22. The second kappa shape index (κ2) is 10.2. The summed E-state index contributed by atoms with van der Waals surface area (Å²) in [5.74, 6) is -3.45. The summed E-state index contributed by atoms with van der Waals surface area (Å²) >= 11 is 6.27. The highest BCUT2D eigenvalue weighted by Crippen LogP contribution is 2.32. The molecule has 0 atom stereocenters. The Morgan fingerprint density at radius 2 is 1.68 bits per heavy atom. The number of ketones is 3. The van der Waals surface area contributed by atoms with Gasteiger partial charge in [-0.1, -0.05) is 11.6 Å². The average molecular weight is 483 g/mol. The van der Waals surface area contributed by atoms with Crippen LogP contribution in [0.5, 0.6) is 0 Å². The number of alkyl halides is 3. The van der Waals surface area contributed by atoms with Gasteiger partial charge in [-0.15, -0.1) is 0 Å². The molecule has 0 aromatic heterocycles. The lowest BCUT2D eigenvalue weighted by Crippen LogP contribution is -2.35. The van der Waals surface area contributed by atoms with Gasteiger partial charge in [0.05, 0.1) is 28.5 Å². The molecule has 0 N–H and O–H groups in total. The van der Waals surface area contributed by atoms with E-state index in [4.69, 9.17) is 16.3 Å². The summed E-state index contributed by atoms with van der Waals surface area (Å²) in [5.41, 5.74) is -2.45. The monoisotopic (exact) mass is 482 g/mol. The van der Waals surface area contributed by atoms with E-state index in [1.54, 1.807) is 0 Å². The van der Waals surface area contributed by atoms with Crippen molar-refractivity contribution in [1.29, 1.82) is 0 Å². The molecule has 0 aliphatic heterocycles. The number of carbonyl (C=O) groups excluding carboxylic acids is 3. The molecule has 11 heteroatoms. The van der Waals surface area contributed by atoms with Crippen molar-refractivity contribution in [3.05, 3.63) is 28.3 Å². The van der Waals surface area contributed by atoms with Crippen LogP contribution in [0.25, 0.3) is 0 Å². The standard InChI is InChI=1S/C20H22ClF3O6S/c1-31(28,29)16-6-5-12(19(27)17-14(25)3-2-4-15(17)26)18(21)13(16)7-30-11-20(8-22,9-23)10-24/h5-6,17H,2-4,7-11H2,1H3. The summed E-state index contributed by atoms with van der Waals surface area (Å²) in [7, 11) is -3.86. The number of hydrogen-bond acceptors (Lipinski definition) is 6. The van der Waals surface area contributed by atoms with Crippen LogP contribution in [0.2, 0.25) is 5.02 Å². The molecule has 0 heterocycles. The number of ether oxygens (including phenoxy) is 1. The molecule has 1 aromatic carbocycles. The Kier molecular flexibility index (Phi) is 8.40. The molecular formula is C20H22ClF3O6S. The van der Waals surface area contributed by atoms with Gasteiger partial charge in [0.1, 0.15) is 25.9 Å². The molecule has 0 amide bonds. The van der Waals surface area contributed by atoms with Crippen molar-refractivity contribution in [2.45, 2.75) is 30.8 Å². The van der Waals surface area contributed by atoms with Crippen LogP contribution in [0.3, 0.4) is 0 Å². The summed E-state index contributed by atoms with van der Waals surface area (Å²) in [6.45, 7) is -5.30. The highest BCUT2D eigenvalue weighted by atomic mass is 35.5. The Morgan fingerprint density at radius 3 is 2.16 bits per heavy atom. The van der Waals surface area contributed by atoms with Gasteiger partial charge in [-0.3, -0.25) is 27.6 Å². The van der Waals surface area contributed by atoms with Crippen molar-refractivity contribution in [3.8, 4) is 0 Å². The SMILES string of the molecule is CS(=O)(=O)c1ccc(C(=O)C2C(=O)CCCC2=O)c(Cl)c1COCC(CF)(CF)CF. The summed E-state index contributed by atoms with van der Waals surface area (Å²) in [4.78, 5) is 36.8. The van der Waals surface area contributed by atoms with Gasteiger partial charge in [0.15, 0.2) is 27.2 Å². The summed E-state index contributed by atoms with van der Waals surface area (Å²) in [6.07, 6.45) is 1.36. The number of rotatable bonds is 10. The van der Waals surface area contributed by atoms with Crippen LogP contribution in [0.15, 0.2) is 17.0 Å². The number of sulfone groups is 1. The van der Waals surface area contributed by atoms with E-state index >= 15 is 0 Å². The number of halogens is 4. The van der Waals surface area contributed by atoms with Crippen molar-refractivity contribution in [1.82, 2.24) is 0 Å². The third-order valence-corrected chi connectivity index (χ3v) is 6.74. The molecule has 2 rings (SSSR count).